The average Bonchev–Trinajstić information content (AvgIpc) is 2.50. The van der Waals surface area contributed by atoms with Gasteiger partial charge in [-0.1, -0.05) is 12.1 Å². The molecular formula is C9H11NO. The molecule has 0 aliphatic carbocycles. The first-order valence-corrected chi connectivity index (χ1v) is 3.86. The van der Waals surface area contributed by atoms with Crippen molar-refractivity contribution in [2.45, 2.75) is 13.0 Å². The predicted molar refractivity (Wildman–Crippen MR) is 44.6 cm³/mol. The van der Waals surface area contributed by atoms with E-state index >= 15 is 0 Å². The van der Waals surface area contributed by atoms with E-state index in [0.29, 0.717) is 0 Å². The van der Waals surface area contributed by atoms with Crippen LogP contribution in [0.25, 0.3) is 0 Å². The van der Waals surface area contributed by atoms with E-state index in [1.807, 2.05) is 12.1 Å². The van der Waals surface area contributed by atoms with Gasteiger partial charge in [-0.3, -0.25) is 0 Å². The Morgan fingerprint density at radius 3 is 3.18 bits per heavy atom. The Hall–Kier alpha value is -1.02. The standard InChI is InChI=1S/C9H11NO/c11-6-7-1-2-8-3-4-10-9(8)5-7/h1-2,5,10-11H,3-4,6H2. The molecule has 0 spiro atoms. The normalized spacial score (nSPS) is 14.3. The molecule has 0 unspecified atom stereocenters. The minimum absolute atomic E-state index is 0.134. The van der Waals surface area contributed by atoms with Crippen LogP contribution in [0.15, 0.2) is 18.2 Å². The van der Waals surface area contributed by atoms with E-state index in [-0.39, 0.29) is 6.61 Å². The van der Waals surface area contributed by atoms with Gasteiger partial charge < -0.3 is 10.4 Å². The van der Waals surface area contributed by atoms with Crippen molar-refractivity contribution in [3.05, 3.63) is 29.3 Å². The highest BCUT2D eigenvalue weighted by Crippen LogP contribution is 2.22. The molecule has 2 nitrogen and oxygen atoms in total. The van der Waals surface area contributed by atoms with Gasteiger partial charge in [0.25, 0.3) is 0 Å². The zero-order chi connectivity index (χ0) is 7.68. The van der Waals surface area contributed by atoms with Gasteiger partial charge in [-0.05, 0) is 23.6 Å². The Balaban J connectivity index is 2.41. The number of fused-ring (bicyclic) bond motifs is 1. The van der Waals surface area contributed by atoms with Gasteiger partial charge >= 0.3 is 0 Å². The molecule has 0 fully saturated rings. The molecule has 2 heteroatoms. The smallest absolute Gasteiger partial charge is 0.0682 e. The molecule has 58 valence electrons. The van der Waals surface area contributed by atoms with Crippen LogP contribution in [0.5, 0.6) is 0 Å². The summed E-state index contributed by atoms with van der Waals surface area (Å²) in [6, 6.07) is 6.08. The first-order valence-electron chi connectivity index (χ1n) is 3.86. The number of aliphatic hydroxyl groups excluding tert-OH is 1. The maximum Gasteiger partial charge on any atom is 0.0682 e. The highest BCUT2D eigenvalue weighted by Gasteiger charge is 2.08. The molecule has 0 aromatic heterocycles. The van der Waals surface area contributed by atoms with E-state index in [0.717, 1.165) is 18.5 Å². The van der Waals surface area contributed by atoms with Crippen LogP contribution in [-0.4, -0.2) is 11.7 Å². The Morgan fingerprint density at radius 2 is 2.36 bits per heavy atom. The van der Waals surface area contributed by atoms with Gasteiger partial charge in [-0.15, -0.1) is 0 Å². The van der Waals surface area contributed by atoms with Crippen molar-refractivity contribution in [3.63, 3.8) is 0 Å². The van der Waals surface area contributed by atoms with E-state index in [2.05, 4.69) is 11.4 Å². The van der Waals surface area contributed by atoms with E-state index in [9.17, 15) is 0 Å². The van der Waals surface area contributed by atoms with E-state index in [1.54, 1.807) is 0 Å². The van der Waals surface area contributed by atoms with Crippen molar-refractivity contribution in [2.75, 3.05) is 11.9 Å². The maximum absolute atomic E-state index is 8.84. The summed E-state index contributed by atoms with van der Waals surface area (Å²) in [5, 5.41) is 12.1. The zero-order valence-electron chi connectivity index (χ0n) is 6.30. The van der Waals surface area contributed by atoms with Crippen LogP contribution in [0.3, 0.4) is 0 Å². The summed E-state index contributed by atoms with van der Waals surface area (Å²) in [7, 11) is 0. The Kier molecular flexibility index (Phi) is 1.55. The molecule has 0 saturated heterocycles. The Morgan fingerprint density at radius 1 is 1.45 bits per heavy atom. The van der Waals surface area contributed by atoms with Crippen LogP contribution >= 0.6 is 0 Å². The van der Waals surface area contributed by atoms with Gasteiger partial charge in [-0.2, -0.15) is 0 Å². The largest absolute Gasteiger partial charge is 0.392 e. The highest BCUT2D eigenvalue weighted by atomic mass is 16.3. The summed E-state index contributed by atoms with van der Waals surface area (Å²) < 4.78 is 0. The van der Waals surface area contributed by atoms with E-state index in [4.69, 9.17) is 5.11 Å². The van der Waals surface area contributed by atoms with Gasteiger partial charge in [0.1, 0.15) is 0 Å². The summed E-state index contributed by atoms with van der Waals surface area (Å²) in [6.07, 6.45) is 1.11. The van der Waals surface area contributed by atoms with Crippen molar-refractivity contribution in [3.8, 4) is 0 Å². The first-order chi connectivity index (χ1) is 5.40. The lowest BCUT2D eigenvalue weighted by Gasteiger charge is -2.01. The molecule has 1 aromatic rings. The molecule has 1 heterocycles. The summed E-state index contributed by atoms with van der Waals surface area (Å²) in [6.45, 7) is 1.17. The van der Waals surface area contributed by atoms with Crippen LogP contribution in [0.1, 0.15) is 11.1 Å². The lowest BCUT2D eigenvalue weighted by molar-refractivity contribution is 0.282. The molecule has 0 atom stereocenters. The summed E-state index contributed by atoms with van der Waals surface area (Å²) in [4.78, 5) is 0. The molecule has 0 bridgehead atoms. The quantitative estimate of drug-likeness (QED) is 0.627. The number of anilines is 1. The van der Waals surface area contributed by atoms with E-state index < -0.39 is 0 Å². The van der Waals surface area contributed by atoms with Crippen molar-refractivity contribution in [2.24, 2.45) is 0 Å². The minimum Gasteiger partial charge on any atom is -0.392 e. The fraction of sp³-hybridized carbons (Fsp3) is 0.333. The fourth-order valence-electron chi connectivity index (χ4n) is 1.44. The van der Waals surface area contributed by atoms with Crippen molar-refractivity contribution >= 4 is 5.69 Å². The monoisotopic (exact) mass is 149 g/mol. The number of benzene rings is 1. The molecule has 0 amide bonds. The Labute approximate surface area is 65.9 Å². The van der Waals surface area contributed by atoms with E-state index in [1.165, 1.54) is 11.3 Å². The second-order valence-corrected chi connectivity index (χ2v) is 2.83. The van der Waals surface area contributed by atoms with Crippen LogP contribution in [0.2, 0.25) is 0 Å². The van der Waals surface area contributed by atoms with Gasteiger partial charge in [0.2, 0.25) is 0 Å². The molecule has 2 N–H and O–H groups in total. The molecule has 1 aliphatic heterocycles. The number of hydrogen-bond acceptors (Lipinski definition) is 2. The van der Waals surface area contributed by atoms with Crippen molar-refractivity contribution in [1.29, 1.82) is 0 Å². The van der Waals surface area contributed by atoms with Crippen LogP contribution in [0, 0.1) is 0 Å². The molecule has 0 saturated carbocycles. The Bertz CT molecular complexity index is 270. The second-order valence-electron chi connectivity index (χ2n) is 2.83. The van der Waals surface area contributed by atoms with Crippen LogP contribution < -0.4 is 5.32 Å². The number of hydrogen-bond donors (Lipinski definition) is 2. The lowest BCUT2D eigenvalue weighted by atomic mass is 10.1. The molecule has 1 aliphatic rings. The van der Waals surface area contributed by atoms with Crippen LogP contribution in [0.4, 0.5) is 5.69 Å². The topological polar surface area (TPSA) is 32.3 Å². The van der Waals surface area contributed by atoms with Gasteiger partial charge in [0.05, 0.1) is 6.61 Å². The fourth-order valence-corrected chi connectivity index (χ4v) is 1.44. The average molecular weight is 149 g/mol. The minimum atomic E-state index is 0.134. The summed E-state index contributed by atoms with van der Waals surface area (Å²) in [5.41, 5.74) is 3.54. The molecule has 1 aromatic carbocycles. The van der Waals surface area contributed by atoms with Gasteiger partial charge in [0.15, 0.2) is 0 Å². The molecule has 11 heavy (non-hydrogen) atoms. The summed E-state index contributed by atoms with van der Waals surface area (Å²) >= 11 is 0. The summed E-state index contributed by atoms with van der Waals surface area (Å²) in [5.74, 6) is 0. The number of aliphatic hydroxyl groups is 1. The molecular weight excluding hydrogens is 138 g/mol. The predicted octanol–water partition coefficient (Wildman–Crippen LogP) is 1.15. The van der Waals surface area contributed by atoms with Crippen LogP contribution in [-0.2, 0) is 13.0 Å². The van der Waals surface area contributed by atoms with Gasteiger partial charge in [-0.25, -0.2) is 0 Å². The third-order valence-corrected chi connectivity index (χ3v) is 2.07. The van der Waals surface area contributed by atoms with Crippen molar-refractivity contribution < 1.29 is 5.11 Å². The maximum atomic E-state index is 8.84. The third-order valence-electron chi connectivity index (χ3n) is 2.07. The third kappa shape index (κ3) is 1.10. The highest BCUT2D eigenvalue weighted by molar-refractivity contribution is 5.56. The zero-order valence-corrected chi connectivity index (χ0v) is 6.30. The lowest BCUT2D eigenvalue weighted by Crippen LogP contribution is -1.91. The number of nitrogens with one attached hydrogen (secondary N) is 1. The van der Waals surface area contributed by atoms with Gasteiger partial charge in [0, 0.05) is 12.2 Å². The molecule has 0 radical (unpaired) electrons. The first kappa shape index (κ1) is 6.68. The molecule has 2 rings (SSSR count). The second kappa shape index (κ2) is 2.55. The van der Waals surface area contributed by atoms with Crippen molar-refractivity contribution in [1.82, 2.24) is 0 Å². The number of rotatable bonds is 1. The SMILES string of the molecule is OCc1ccc2c(c1)NCC2.